The summed E-state index contributed by atoms with van der Waals surface area (Å²) in [7, 11) is 0. The zero-order valence-corrected chi connectivity index (χ0v) is 11.8. The number of aromatic nitrogens is 2. The molecule has 1 aliphatic rings. The molecule has 96 valence electrons. The summed E-state index contributed by atoms with van der Waals surface area (Å²) >= 11 is 6.36. The molecule has 1 heterocycles. The van der Waals surface area contributed by atoms with Gasteiger partial charge in [-0.2, -0.15) is 5.10 Å². The molecule has 0 amide bonds. The Labute approximate surface area is 109 Å². The fourth-order valence-corrected chi connectivity index (χ4v) is 2.58. The zero-order chi connectivity index (χ0) is 12.5. The molecule has 4 heteroatoms. The van der Waals surface area contributed by atoms with Crippen molar-refractivity contribution in [3.05, 3.63) is 16.4 Å². The number of aryl methyl sites for hydroxylation is 2. The van der Waals surface area contributed by atoms with Crippen LogP contribution in [0.25, 0.3) is 0 Å². The molecule has 0 saturated heterocycles. The summed E-state index contributed by atoms with van der Waals surface area (Å²) < 4.78 is 2.06. The van der Waals surface area contributed by atoms with Gasteiger partial charge in [-0.1, -0.05) is 18.5 Å². The number of nitrogens with zero attached hydrogens (tertiary/aromatic N) is 2. The third-order valence-electron chi connectivity index (χ3n) is 3.70. The van der Waals surface area contributed by atoms with Crippen LogP contribution in [0.4, 0.5) is 0 Å². The van der Waals surface area contributed by atoms with Gasteiger partial charge in [-0.25, -0.2) is 0 Å². The molecule has 2 rings (SSSR count). The van der Waals surface area contributed by atoms with Crippen molar-refractivity contribution in [2.75, 3.05) is 13.1 Å². The second-order valence-corrected chi connectivity index (χ2v) is 5.50. The normalized spacial score (nSPS) is 17.4. The Morgan fingerprint density at radius 2 is 2.12 bits per heavy atom. The minimum atomic E-state index is 0.443. The summed E-state index contributed by atoms with van der Waals surface area (Å²) in [5.41, 5.74) is 2.63. The minimum absolute atomic E-state index is 0.443. The summed E-state index contributed by atoms with van der Waals surface area (Å²) in [6, 6.07) is 0. The Hall–Kier alpha value is -0.540. The third kappa shape index (κ3) is 2.66. The van der Waals surface area contributed by atoms with Crippen molar-refractivity contribution in [2.45, 2.75) is 46.6 Å². The molecule has 17 heavy (non-hydrogen) atoms. The first-order valence-corrected chi connectivity index (χ1v) is 6.92. The van der Waals surface area contributed by atoms with Crippen LogP contribution in [-0.4, -0.2) is 22.9 Å². The van der Waals surface area contributed by atoms with Gasteiger partial charge in [0.05, 0.1) is 16.4 Å². The first-order valence-electron chi connectivity index (χ1n) is 6.54. The van der Waals surface area contributed by atoms with Gasteiger partial charge < -0.3 is 5.32 Å². The van der Waals surface area contributed by atoms with Gasteiger partial charge in [-0.3, -0.25) is 4.68 Å². The van der Waals surface area contributed by atoms with Crippen LogP contribution < -0.4 is 5.32 Å². The highest BCUT2D eigenvalue weighted by Gasteiger charge is 2.43. The SMILES string of the molecule is CCNCC1(Cc2c(Cl)c(C)nn2CC)CC1. The van der Waals surface area contributed by atoms with Gasteiger partial charge >= 0.3 is 0 Å². The maximum Gasteiger partial charge on any atom is 0.0847 e. The molecule has 0 aromatic carbocycles. The lowest BCUT2D eigenvalue weighted by molar-refractivity contribution is 0.443. The maximum absolute atomic E-state index is 6.36. The molecule has 0 unspecified atom stereocenters. The molecule has 1 saturated carbocycles. The molecule has 0 radical (unpaired) electrons. The molecule has 1 N–H and O–H groups in total. The number of rotatable bonds is 6. The van der Waals surface area contributed by atoms with Crippen LogP contribution in [-0.2, 0) is 13.0 Å². The maximum atomic E-state index is 6.36. The lowest BCUT2D eigenvalue weighted by Gasteiger charge is -2.16. The summed E-state index contributed by atoms with van der Waals surface area (Å²) in [6.07, 6.45) is 3.68. The lowest BCUT2D eigenvalue weighted by Crippen LogP contribution is -2.26. The molecule has 1 aromatic rings. The predicted octanol–water partition coefficient (Wildman–Crippen LogP) is 2.80. The van der Waals surface area contributed by atoms with Crippen molar-refractivity contribution in [1.82, 2.24) is 15.1 Å². The summed E-state index contributed by atoms with van der Waals surface area (Å²) in [4.78, 5) is 0. The Bertz CT molecular complexity index is 394. The summed E-state index contributed by atoms with van der Waals surface area (Å²) in [6.45, 7) is 9.32. The largest absolute Gasteiger partial charge is 0.316 e. The monoisotopic (exact) mass is 255 g/mol. The van der Waals surface area contributed by atoms with Crippen LogP contribution in [0.15, 0.2) is 0 Å². The van der Waals surface area contributed by atoms with Crippen LogP contribution in [0.2, 0.25) is 5.02 Å². The molecule has 1 aliphatic carbocycles. The van der Waals surface area contributed by atoms with Gasteiger partial charge in [-0.05, 0) is 45.1 Å². The fraction of sp³-hybridized carbons (Fsp3) is 0.769. The molecule has 0 atom stereocenters. The zero-order valence-electron chi connectivity index (χ0n) is 11.0. The van der Waals surface area contributed by atoms with Crippen LogP contribution >= 0.6 is 11.6 Å². The minimum Gasteiger partial charge on any atom is -0.316 e. The topological polar surface area (TPSA) is 29.9 Å². The number of nitrogens with one attached hydrogen (secondary N) is 1. The van der Waals surface area contributed by atoms with Gasteiger partial charge in [0.2, 0.25) is 0 Å². The average molecular weight is 256 g/mol. The van der Waals surface area contributed by atoms with Gasteiger partial charge in [0, 0.05) is 13.1 Å². The van der Waals surface area contributed by atoms with Crippen LogP contribution in [0.3, 0.4) is 0 Å². The molecular weight excluding hydrogens is 234 g/mol. The van der Waals surface area contributed by atoms with E-state index in [9.17, 15) is 0 Å². The van der Waals surface area contributed by atoms with E-state index >= 15 is 0 Å². The smallest absolute Gasteiger partial charge is 0.0847 e. The standard InChI is InChI=1S/C13H22ClN3/c1-4-15-9-13(6-7-13)8-11-12(14)10(3)16-17(11)5-2/h15H,4-9H2,1-3H3. The van der Waals surface area contributed by atoms with E-state index in [1.54, 1.807) is 0 Å². The molecule has 0 bridgehead atoms. The van der Waals surface area contributed by atoms with E-state index in [4.69, 9.17) is 11.6 Å². The van der Waals surface area contributed by atoms with Crippen LogP contribution in [0, 0.1) is 12.3 Å². The van der Waals surface area contributed by atoms with E-state index < -0.39 is 0 Å². The Morgan fingerprint density at radius 3 is 2.65 bits per heavy atom. The molecular formula is C13H22ClN3. The highest BCUT2D eigenvalue weighted by atomic mass is 35.5. The Kier molecular flexibility index (Phi) is 3.79. The second-order valence-electron chi connectivity index (χ2n) is 5.12. The first-order chi connectivity index (χ1) is 8.12. The average Bonchev–Trinajstić information content (AvgIpc) is 3.04. The molecule has 3 nitrogen and oxygen atoms in total. The van der Waals surface area contributed by atoms with E-state index in [2.05, 4.69) is 28.9 Å². The van der Waals surface area contributed by atoms with Crippen molar-refractivity contribution in [2.24, 2.45) is 5.41 Å². The van der Waals surface area contributed by atoms with Crippen molar-refractivity contribution < 1.29 is 0 Å². The van der Waals surface area contributed by atoms with Crippen molar-refractivity contribution in [3.8, 4) is 0 Å². The van der Waals surface area contributed by atoms with E-state index in [-0.39, 0.29) is 0 Å². The van der Waals surface area contributed by atoms with E-state index in [1.807, 2.05) is 6.92 Å². The molecule has 1 fully saturated rings. The quantitative estimate of drug-likeness (QED) is 0.847. The summed E-state index contributed by atoms with van der Waals surface area (Å²) in [5, 5.41) is 8.82. The van der Waals surface area contributed by atoms with Gasteiger partial charge in [0.25, 0.3) is 0 Å². The van der Waals surface area contributed by atoms with Gasteiger partial charge in [0.15, 0.2) is 0 Å². The fourth-order valence-electron chi connectivity index (χ4n) is 2.38. The number of halogens is 1. The Morgan fingerprint density at radius 1 is 1.41 bits per heavy atom. The van der Waals surface area contributed by atoms with Crippen molar-refractivity contribution in [3.63, 3.8) is 0 Å². The highest BCUT2D eigenvalue weighted by molar-refractivity contribution is 6.31. The number of hydrogen-bond acceptors (Lipinski definition) is 2. The Balaban J connectivity index is 2.13. The van der Waals surface area contributed by atoms with Crippen LogP contribution in [0.5, 0.6) is 0 Å². The van der Waals surface area contributed by atoms with E-state index in [0.717, 1.165) is 36.8 Å². The van der Waals surface area contributed by atoms with Gasteiger partial charge in [-0.15, -0.1) is 0 Å². The molecule has 1 aromatic heterocycles. The first kappa shape index (κ1) is 12.9. The predicted molar refractivity (Wildman–Crippen MR) is 71.6 cm³/mol. The van der Waals surface area contributed by atoms with Crippen molar-refractivity contribution >= 4 is 11.6 Å². The lowest BCUT2D eigenvalue weighted by atomic mass is 10.00. The van der Waals surface area contributed by atoms with E-state index in [0.29, 0.717) is 5.41 Å². The van der Waals surface area contributed by atoms with Gasteiger partial charge in [0.1, 0.15) is 0 Å². The third-order valence-corrected chi connectivity index (χ3v) is 4.19. The molecule has 0 aliphatic heterocycles. The van der Waals surface area contributed by atoms with E-state index in [1.165, 1.54) is 18.5 Å². The molecule has 0 spiro atoms. The highest BCUT2D eigenvalue weighted by Crippen LogP contribution is 2.48. The summed E-state index contributed by atoms with van der Waals surface area (Å²) in [5.74, 6) is 0. The number of hydrogen-bond donors (Lipinski definition) is 1. The van der Waals surface area contributed by atoms with Crippen LogP contribution in [0.1, 0.15) is 38.1 Å². The second kappa shape index (κ2) is 4.99. The van der Waals surface area contributed by atoms with Crippen molar-refractivity contribution in [1.29, 1.82) is 0 Å².